The molecule has 0 aromatic heterocycles. The van der Waals surface area contributed by atoms with E-state index in [1.54, 1.807) is 7.05 Å². The summed E-state index contributed by atoms with van der Waals surface area (Å²) in [7, 11) is 1.72. The van der Waals surface area contributed by atoms with Crippen LogP contribution in [-0.2, 0) is 9.59 Å². The Hall–Kier alpha value is -0.700. The highest BCUT2D eigenvalue weighted by Gasteiger charge is 2.09. The van der Waals surface area contributed by atoms with Gasteiger partial charge in [-0.1, -0.05) is 13.8 Å². The van der Waals surface area contributed by atoms with Crippen molar-refractivity contribution in [2.24, 2.45) is 5.92 Å². The Labute approximate surface area is 73.5 Å². The summed E-state index contributed by atoms with van der Waals surface area (Å²) in [6, 6.07) is 0. The van der Waals surface area contributed by atoms with Crippen molar-refractivity contribution >= 4 is 11.6 Å². The van der Waals surface area contributed by atoms with Crippen molar-refractivity contribution in [1.82, 2.24) is 5.32 Å². The minimum Gasteiger partial charge on any atom is -0.313 e. The van der Waals surface area contributed by atoms with Gasteiger partial charge in [-0.25, -0.2) is 0 Å². The SMILES string of the molecule is CNCC(=O)CCC(=O)C(C)C. The minimum absolute atomic E-state index is 0.0485. The summed E-state index contributed by atoms with van der Waals surface area (Å²) < 4.78 is 0. The van der Waals surface area contributed by atoms with Gasteiger partial charge in [0.15, 0.2) is 0 Å². The number of nitrogens with one attached hydrogen (secondary N) is 1. The maximum absolute atomic E-state index is 11.1. The van der Waals surface area contributed by atoms with E-state index in [0.717, 1.165) is 0 Å². The van der Waals surface area contributed by atoms with Crippen LogP contribution in [0.15, 0.2) is 0 Å². The quantitative estimate of drug-likeness (QED) is 0.642. The number of hydrogen-bond acceptors (Lipinski definition) is 3. The average Bonchev–Trinajstić information content (AvgIpc) is 2.00. The number of carbonyl (C=O) groups excluding carboxylic acids is 2. The second-order valence-electron chi connectivity index (χ2n) is 3.19. The van der Waals surface area contributed by atoms with Crippen LogP contribution in [0, 0.1) is 5.92 Å². The van der Waals surface area contributed by atoms with Crippen molar-refractivity contribution in [3.8, 4) is 0 Å². The Morgan fingerprint density at radius 1 is 1.25 bits per heavy atom. The number of carbonyl (C=O) groups is 2. The van der Waals surface area contributed by atoms with Crippen molar-refractivity contribution < 1.29 is 9.59 Å². The zero-order valence-electron chi connectivity index (χ0n) is 8.02. The summed E-state index contributed by atoms with van der Waals surface area (Å²) in [4.78, 5) is 22.0. The molecule has 3 heteroatoms. The third-order valence-electron chi connectivity index (χ3n) is 1.67. The molecule has 0 rings (SSSR count). The van der Waals surface area contributed by atoms with Gasteiger partial charge in [-0.3, -0.25) is 9.59 Å². The predicted molar refractivity (Wildman–Crippen MR) is 48.0 cm³/mol. The van der Waals surface area contributed by atoms with Gasteiger partial charge in [0.05, 0.1) is 6.54 Å². The molecule has 0 amide bonds. The molecular weight excluding hydrogens is 154 g/mol. The number of hydrogen-bond donors (Lipinski definition) is 1. The normalized spacial score (nSPS) is 10.3. The number of likely N-dealkylation sites (N-methyl/N-ethyl adjacent to an activating group) is 1. The highest BCUT2D eigenvalue weighted by Crippen LogP contribution is 2.01. The van der Waals surface area contributed by atoms with Gasteiger partial charge in [0.25, 0.3) is 0 Å². The molecule has 0 aromatic carbocycles. The summed E-state index contributed by atoms with van der Waals surface area (Å²) in [6.07, 6.45) is 0.760. The first-order valence-electron chi connectivity index (χ1n) is 4.27. The molecular formula is C9H17NO2. The Kier molecular flexibility index (Phi) is 5.54. The Bertz CT molecular complexity index is 164. The molecule has 0 bridgehead atoms. The molecule has 0 heterocycles. The van der Waals surface area contributed by atoms with Gasteiger partial charge in [0, 0.05) is 18.8 Å². The van der Waals surface area contributed by atoms with Gasteiger partial charge in [-0.15, -0.1) is 0 Å². The van der Waals surface area contributed by atoms with Crippen molar-refractivity contribution in [2.75, 3.05) is 13.6 Å². The van der Waals surface area contributed by atoms with Gasteiger partial charge < -0.3 is 5.32 Å². The molecule has 0 saturated carbocycles. The van der Waals surface area contributed by atoms with Crippen LogP contribution in [0.5, 0.6) is 0 Å². The number of Topliss-reactive ketones (excluding diaryl/α,β-unsaturated/α-hetero) is 2. The van der Waals surface area contributed by atoms with Crippen LogP contribution in [0.1, 0.15) is 26.7 Å². The third kappa shape index (κ3) is 5.02. The topological polar surface area (TPSA) is 46.2 Å². The first-order chi connectivity index (χ1) is 5.57. The van der Waals surface area contributed by atoms with E-state index in [1.165, 1.54) is 0 Å². The molecule has 0 saturated heterocycles. The molecule has 0 atom stereocenters. The summed E-state index contributed by atoms with van der Waals surface area (Å²) in [5, 5.41) is 2.76. The van der Waals surface area contributed by atoms with Crippen LogP contribution in [0.25, 0.3) is 0 Å². The summed E-state index contributed by atoms with van der Waals surface area (Å²) >= 11 is 0. The first-order valence-corrected chi connectivity index (χ1v) is 4.27. The van der Waals surface area contributed by atoms with Crippen LogP contribution in [0.2, 0.25) is 0 Å². The molecule has 0 aliphatic carbocycles. The van der Waals surface area contributed by atoms with Gasteiger partial charge in [-0.05, 0) is 7.05 Å². The Morgan fingerprint density at radius 3 is 2.25 bits per heavy atom. The maximum atomic E-state index is 11.1. The lowest BCUT2D eigenvalue weighted by atomic mass is 10.0. The van der Waals surface area contributed by atoms with Crippen molar-refractivity contribution in [2.45, 2.75) is 26.7 Å². The zero-order valence-corrected chi connectivity index (χ0v) is 8.02. The van der Waals surface area contributed by atoms with E-state index in [2.05, 4.69) is 5.32 Å². The van der Waals surface area contributed by atoms with Crippen LogP contribution >= 0.6 is 0 Å². The van der Waals surface area contributed by atoms with E-state index in [4.69, 9.17) is 0 Å². The molecule has 0 radical (unpaired) electrons. The van der Waals surface area contributed by atoms with Crippen LogP contribution in [-0.4, -0.2) is 25.2 Å². The molecule has 0 aromatic rings. The summed E-state index contributed by atoms with van der Waals surface area (Å²) in [5.41, 5.74) is 0. The third-order valence-corrected chi connectivity index (χ3v) is 1.67. The average molecular weight is 171 g/mol. The fourth-order valence-electron chi connectivity index (χ4n) is 0.837. The van der Waals surface area contributed by atoms with Crippen molar-refractivity contribution in [3.05, 3.63) is 0 Å². The van der Waals surface area contributed by atoms with Gasteiger partial charge in [-0.2, -0.15) is 0 Å². The second-order valence-corrected chi connectivity index (χ2v) is 3.19. The van der Waals surface area contributed by atoms with Crippen LogP contribution in [0.3, 0.4) is 0 Å². The van der Waals surface area contributed by atoms with E-state index >= 15 is 0 Å². The van der Waals surface area contributed by atoms with Crippen molar-refractivity contribution in [1.29, 1.82) is 0 Å². The standard InChI is InChI=1S/C9H17NO2/c1-7(2)9(12)5-4-8(11)6-10-3/h7,10H,4-6H2,1-3H3. The second kappa shape index (κ2) is 5.89. The van der Waals surface area contributed by atoms with Crippen LogP contribution in [0.4, 0.5) is 0 Å². The largest absolute Gasteiger partial charge is 0.313 e. The van der Waals surface area contributed by atoms with E-state index in [0.29, 0.717) is 19.4 Å². The van der Waals surface area contributed by atoms with Crippen LogP contribution < -0.4 is 5.32 Å². The minimum atomic E-state index is 0.0485. The molecule has 70 valence electrons. The fraction of sp³-hybridized carbons (Fsp3) is 0.778. The lowest BCUT2D eigenvalue weighted by Gasteiger charge is -2.02. The Morgan fingerprint density at radius 2 is 1.83 bits per heavy atom. The predicted octanol–water partition coefficient (Wildman–Crippen LogP) is 0.780. The molecule has 0 spiro atoms. The van der Waals surface area contributed by atoms with Gasteiger partial charge in [0.1, 0.15) is 11.6 Å². The van der Waals surface area contributed by atoms with Gasteiger partial charge >= 0.3 is 0 Å². The smallest absolute Gasteiger partial charge is 0.147 e. The molecule has 0 aliphatic rings. The lowest BCUT2D eigenvalue weighted by Crippen LogP contribution is -2.19. The highest BCUT2D eigenvalue weighted by atomic mass is 16.1. The molecule has 0 fully saturated rings. The number of rotatable bonds is 6. The monoisotopic (exact) mass is 171 g/mol. The fourth-order valence-corrected chi connectivity index (χ4v) is 0.837. The van der Waals surface area contributed by atoms with E-state index in [9.17, 15) is 9.59 Å². The molecule has 0 unspecified atom stereocenters. The van der Waals surface area contributed by atoms with E-state index in [-0.39, 0.29) is 17.5 Å². The summed E-state index contributed by atoms with van der Waals surface area (Å²) in [5.74, 6) is 0.318. The van der Waals surface area contributed by atoms with Gasteiger partial charge in [0.2, 0.25) is 0 Å². The first kappa shape index (κ1) is 11.3. The van der Waals surface area contributed by atoms with E-state index < -0.39 is 0 Å². The molecule has 3 nitrogen and oxygen atoms in total. The van der Waals surface area contributed by atoms with Crippen molar-refractivity contribution in [3.63, 3.8) is 0 Å². The summed E-state index contributed by atoms with van der Waals surface area (Å²) in [6.45, 7) is 4.07. The highest BCUT2D eigenvalue weighted by molar-refractivity contribution is 5.87. The number of ketones is 2. The molecule has 1 N–H and O–H groups in total. The maximum Gasteiger partial charge on any atom is 0.147 e. The molecule has 0 aliphatic heterocycles. The zero-order chi connectivity index (χ0) is 9.56. The lowest BCUT2D eigenvalue weighted by molar-refractivity contribution is -0.125. The van der Waals surface area contributed by atoms with E-state index in [1.807, 2.05) is 13.8 Å². The molecule has 12 heavy (non-hydrogen) atoms. The Balaban J connectivity index is 3.54.